The van der Waals surface area contributed by atoms with Crippen LogP contribution >= 0.6 is 11.6 Å². The monoisotopic (exact) mass is 545 g/mol. The van der Waals surface area contributed by atoms with Gasteiger partial charge in [0.05, 0.1) is 17.7 Å². The van der Waals surface area contributed by atoms with Crippen LogP contribution in [0.2, 0.25) is 0 Å². The largest absolute Gasteiger partial charge is 0.497 e. The number of nitrogens with zero attached hydrogens (tertiary/aromatic N) is 3. The molecule has 0 atom stereocenters. The minimum Gasteiger partial charge on any atom is -0.497 e. The maximum Gasteiger partial charge on any atom is 0.240 e. The molecular weight excluding hydrogens is 521 g/mol. The first-order valence-corrected chi connectivity index (χ1v) is 13.9. The lowest BCUT2D eigenvalue weighted by molar-refractivity contribution is 0.414. The van der Waals surface area contributed by atoms with Gasteiger partial charge < -0.3 is 10.1 Å². The molecule has 0 fully saturated rings. The van der Waals surface area contributed by atoms with E-state index in [-0.39, 0.29) is 11.4 Å². The molecule has 11 heteroatoms. The molecule has 192 valence electrons. The van der Waals surface area contributed by atoms with Gasteiger partial charge in [-0.3, -0.25) is 0 Å². The molecule has 1 aliphatic carbocycles. The van der Waals surface area contributed by atoms with Crippen LogP contribution in [0.5, 0.6) is 5.75 Å². The lowest BCUT2D eigenvalue weighted by Crippen LogP contribution is -2.23. The van der Waals surface area contributed by atoms with E-state index >= 15 is 0 Å². The molecule has 38 heavy (non-hydrogen) atoms. The zero-order valence-corrected chi connectivity index (χ0v) is 22.3. The zero-order valence-electron chi connectivity index (χ0n) is 20.7. The molecule has 0 amide bonds. The number of hydrogen-bond donors (Lipinski definition) is 2. The van der Waals surface area contributed by atoms with Crippen LogP contribution in [0, 0.1) is 0 Å². The predicted octanol–water partition coefficient (Wildman–Crippen LogP) is 3.92. The van der Waals surface area contributed by atoms with Gasteiger partial charge in [0, 0.05) is 36.0 Å². The number of nitrogens with one attached hydrogen (secondary N) is 2. The Balaban J connectivity index is 1.27. The Morgan fingerprint density at radius 2 is 1.79 bits per heavy atom. The topological polar surface area (TPSA) is 97.6 Å². The first-order chi connectivity index (χ1) is 18.3. The number of allylic oxidation sites excluding steroid dienone is 4. The molecule has 0 aliphatic heterocycles. The van der Waals surface area contributed by atoms with E-state index in [0.717, 1.165) is 46.1 Å². The van der Waals surface area contributed by atoms with Gasteiger partial charge >= 0.3 is 0 Å². The highest BCUT2D eigenvalue weighted by atomic mass is 35.5. The third kappa shape index (κ3) is 5.62. The minimum atomic E-state index is -3.64. The molecule has 8 nitrogen and oxygen atoms in total. The standard InChI is InChI=1S/C27H25BClN5O3S/c1-37-20-10-12-21(13-11-20)38(35,36)32-16-19-8-6-18(7-9-19)15-30-26-14-25(22-4-2-3-5-24(22)29)33-27-23(28)17-31-34(26)27/h2,4,6-14,17,30,32H,3,5,15-16H2,1H3. The van der Waals surface area contributed by atoms with Crippen LogP contribution in [0.15, 0.2) is 82.9 Å². The Kier molecular flexibility index (Phi) is 7.55. The Morgan fingerprint density at radius 1 is 1.08 bits per heavy atom. The lowest BCUT2D eigenvalue weighted by Gasteiger charge is -2.14. The summed E-state index contributed by atoms with van der Waals surface area (Å²) in [5.74, 6) is 1.33. The summed E-state index contributed by atoms with van der Waals surface area (Å²) in [4.78, 5) is 4.87. The molecule has 0 saturated carbocycles. The van der Waals surface area contributed by atoms with Gasteiger partial charge in [-0.2, -0.15) is 9.61 Å². The number of sulfonamides is 1. The SMILES string of the molecule is [B]c1cnn2c(NCc3ccc(CNS(=O)(=O)c4ccc(OC)cc4)cc3)cc(C3=C(Cl)CCC=C3)nc12. The van der Waals surface area contributed by atoms with Crippen molar-refractivity contribution in [2.24, 2.45) is 0 Å². The van der Waals surface area contributed by atoms with E-state index < -0.39 is 10.0 Å². The van der Waals surface area contributed by atoms with E-state index in [1.807, 2.05) is 36.4 Å². The maximum atomic E-state index is 12.6. The molecule has 1 aliphatic rings. The quantitative estimate of drug-likeness (QED) is 0.310. The molecule has 0 saturated heterocycles. The molecule has 0 bridgehead atoms. The van der Waals surface area contributed by atoms with Gasteiger partial charge in [-0.05, 0) is 53.7 Å². The molecule has 0 spiro atoms. The Bertz CT molecular complexity index is 1630. The highest BCUT2D eigenvalue weighted by Gasteiger charge is 2.16. The normalized spacial score (nSPS) is 13.7. The Labute approximate surface area is 227 Å². The van der Waals surface area contributed by atoms with E-state index in [9.17, 15) is 8.42 Å². The number of halogens is 1. The lowest BCUT2D eigenvalue weighted by atomic mass is 10.00. The molecule has 2 N–H and O–H groups in total. The summed E-state index contributed by atoms with van der Waals surface area (Å²) in [6.45, 7) is 0.686. The molecule has 0 unspecified atom stereocenters. The second-order valence-electron chi connectivity index (χ2n) is 8.79. The van der Waals surface area contributed by atoms with Crippen molar-refractivity contribution in [1.29, 1.82) is 0 Å². The Hall–Kier alpha value is -3.60. The summed E-state index contributed by atoms with van der Waals surface area (Å²) in [7, 11) is 4.01. The number of benzene rings is 2. The number of hydrogen-bond acceptors (Lipinski definition) is 6. The second kappa shape index (κ2) is 11.0. The summed E-state index contributed by atoms with van der Waals surface area (Å²) >= 11 is 6.49. The predicted molar refractivity (Wildman–Crippen MR) is 150 cm³/mol. The van der Waals surface area contributed by atoms with Gasteiger partial charge in [-0.1, -0.05) is 48.0 Å². The van der Waals surface area contributed by atoms with Crippen molar-refractivity contribution in [3.63, 3.8) is 0 Å². The van der Waals surface area contributed by atoms with Crippen molar-refractivity contribution in [3.05, 3.63) is 94.8 Å². The molecule has 2 heterocycles. The van der Waals surface area contributed by atoms with Crippen LogP contribution in [0.1, 0.15) is 29.7 Å². The van der Waals surface area contributed by atoms with Crippen molar-refractivity contribution >= 4 is 52.0 Å². The van der Waals surface area contributed by atoms with Crippen molar-refractivity contribution in [3.8, 4) is 5.75 Å². The summed E-state index contributed by atoms with van der Waals surface area (Å²) in [6.07, 6.45) is 7.33. The summed E-state index contributed by atoms with van der Waals surface area (Å²) in [5, 5.41) is 8.54. The molecule has 2 aromatic carbocycles. The second-order valence-corrected chi connectivity index (χ2v) is 11.0. The van der Waals surface area contributed by atoms with Crippen LogP contribution in [0.3, 0.4) is 0 Å². The first-order valence-electron chi connectivity index (χ1n) is 12.0. The minimum absolute atomic E-state index is 0.173. The van der Waals surface area contributed by atoms with Gasteiger partial charge in [-0.15, -0.1) is 0 Å². The third-order valence-corrected chi connectivity index (χ3v) is 8.02. The van der Waals surface area contributed by atoms with Crippen LogP contribution in [0.25, 0.3) is 11.2 Å². The van der Waals surface area contributed by atoms with E-state index in [0.29, 0.717) is 23.4 Å². The van der Waals surface area contributed by atoms with Crippen molar-refractivity contribution in [2.75, 3.05) is 12.4 Å². The molecule has 2 aromatic heterocycles. The number of fused-ring (bicyclic) bond motifs is 1. The van der Waals surface area contributed by atoms with Gasteiger partial charge in [0.25, 0.3) is 0 Å². The van der Waals surface area contributed by atoms with Gasteiger partial charge in [0.1, 0.15) is 19.4 Å². The molecule has 2 radical (unpaired) electrons. The fourth-order valence-corrected chi connectivity index (χ4v) is 5.38. The number of anilines is 1. The molecule has 4 aromatic rings. The van der Waals surface area contributed by atoms with Gasteiger partial charge in [0.2, 0.25) is 10.0 Å². The van der Waals surface area contributed by atoms with Crippen LogP contribution in [-0.4, -0.2) is 38.0 Å². The summed E-state index contributed by atoms with van der Waals surface area (Å²) in [5.41, 5.74) is 4.49. The molecule has 5 rings (SSSR count). The fourth-order valence-electron chi connectivity index (χ4n) is 4.09. The number of ether oxygens (including phenoxy) is 1. The third-order valence-electron chi connectivity index (χ3n) is 6.21. The smallest absolute Gasteiger partial charge is 0.240 e. The zero-order chi connectivity index (χ0) is 26.7. The van der Waals surface area contributed by atoms with E-state index in [4.69, 9.17) is 24.2 Å². The van der Waals surface area contributed by atoms with Crippen LogP contribution in [0.4, 0.5) is 5.82 Å². The number of aromatic nitrogens is 3. The molecular formula is C27H25BClN5O3S. The average molecular weight is 546 g/mol. The van der Waals surface area contributed by atoms with Crippen LogP contribution < -0.4 is 20.2 Å². The van der Waals surface area contributed by atoms with E-state index in [1.165, 1.54) is 19.2 Å². The first kappa shape index (κ1) is 26.0. The fraction of sp³-hybridized carbons (Fsp3) is 0.185. The van der Waals surface area contributed by atoms with Crippen LogP contribution in [-0.2, 0) is 23.1 Å². The number of methoxy groups -OCH3 is 1. The average Bonchev–Trinajstić information content (AvgIpc) is 3.32. The van der Waals surface area contributed by atoms with Crippen molar-refractivity contribution in [1.82, 2.24) is 19.3 Å². The highest BCUT2D eigenvalue weighted by molar-refractivity contribution is 7.89. The summed E-state index contributed by atoms with van der Waals surface area (Å²) in [6, 6.07) is 15.9. The highest BCUT2D eigenvalue weighted by Crippen LogP contribution is 2.30. The number of rotatable bonds is 9. The van der Waals surface area contributed by atoms with E-state index in [1.54, 1.807) is 22.8 Å². The van der Waals surface area contributed by atoms with E-state index in [2.05, 4.69) is 26.2 Å². The summed E-state index contributed by atoms with van der Waals surface area (Å²) < 4.78 is 34.6. The maximum absolute atomic E-state index is 12.6. The van der Waals surface area contributed by atoms with Gasteiger partial charge in [0.15, 0.2) is 5.65 Å². The van der Waals surface area contributed by atoms with Gasteiger partial charge in [-0.25, -0.2) is 18.1 Å². The van der Waals surface area contributed by atoms with Crippen molar-refractivity contribution in [2.45, 2.75) is 30.8 Å². The van der Waals surface area contributed by atoms with Crippen molar-refractivity contribution < 1.29 is 13.2 Å². The Morgan fingerprint density at radius 3 is 2.47 bits per heavy atom.